The smallest absolute Gasteiger partial charge is 0.273 e. The number of halogens is 1. The highest BCUT2D eigenvalue weighted by atomic mass is 35.5. The van der Waals surface area contributed by atoms with Crippen molar-refractivity contribution in [3.63, 3.8) is 0 Å². The molecule has 0 spiro atoms. The van der Waals surface area contributed by atoms with Crippen LogP contribution in [0.5, 0.6) is 5.75 Å². The summed E-state index contributed by atoms with van der Waals surface area (Å²) in [5, 5.41) is 27.7. The van der Waals surface area contributed by atoms with Crippen molar-refractivity contribution in [2.24, 2.45) is 0 Å². The SMILES string of the molecule is CCc1ccc([C@H]2c3c(-c4cc(Cl)c(C)cc4O)n[nH]c3C(=O)N2CCCO)cc1. The van der Waals surface area contributed by atoms with E-state index in [1.807, 2.05) is 19.1 Å². The van der Waals surface area contributed by atoms with Gasteiger partial charge in [0.2, 0.25) is 0 Å². The fourth-order valence-corrected chi connectivity index (χ4v) is 4.18. The molecule has 4 rings (SSSR count). The maximum Gasteiger partial charge on any atom is 0.273 e. The number of rotatable bonds is 6. The van der Waals surface area contributed by atoms with Crippen LogP contribution in [-0.4, -0.2) is 44.4 Å². The molecule has 0 aliphatic carbocycles. The molecule has 0 unspecified atom stereocenters. The highest BCUT2D eigenvalue weighted by molar-refractivity contribution is 6.31. The number of H-pyrrole nitrogens is 1. The second-order valence-corrected chi connectivity index (χ2v) is 7.96. The second kappa shape index (κ2) is 8.13. The van der Waals surface area contributed by atoms with Gasteiger partial charge in [0, 0.05) is 29.3 Å². The van der Waals surface area contributed by atoms with Gasteiger partial charge in [0.25, 0.3) is 5.91 Å². The molecule has 1 atom stereocenters. The Morgan fingerprint density at radius 3 is 2.63 bits per heavy atom. The summed E-state index contributed by atoms with van der Waals surface area (Å²) in [6.07, 6.45) is 1.40. The molecule has 1 aliphatic rings. The largest absolute Gasteiger partial charge is 0.507 e. The average Bonchev–Trinajstić information content (AvgIpc) is 3.28. The standard InChI is InChI=1S/C23H24ClN3O3/c1-3-14-5-7-15(8-6-14)22-19-20(16-12-17(24)13(2)11-18(16)29)25-26-21(19)23(30)27(22)9-4-10-28/h5-8,11-12,22,28-29H,3-4,9-10H2,1-2H3,(H,25,26)/t22-/m0/s1. The second-order valence-electron chi connectivity index (χ2n) is 7.55. The lowest BCUT2D eigenvalue weighted by Crippen LogP contribution is -2.31. The van der Waals surface area contributed by atoms with Gasteiger partial charge in [-0.3, -0.25) is 9.89 Å². The van der Waals surface area contributed by atoms with Crippen LogP contribution in [0.1, 0.15) is 52.1 Å². The zero-order valence-electron chi connectivity index (χ0n) is 16.9. The van der Waals surface area contributed by atoms with Crippen LogP contribution in [0.15, 0.2) is 36.4 Å². The molecule has 3 aromatic rings. The molecule has 30 heavy (non-hydrogen) atoms. The van der Waals surface area contributed by atoms with Crippen LogP contribution in [0.2, 0.25) is 5.02 Å². The van der Waals surface area contributed by atoms with Gasteiger partial charge >= 0.3 is 0 Å². The molecular weight excluding hydrogens is 402 g/mol. The van der Waals surface area contributed by atoms with Gasteiger partial charge in [-0.1, -0.05) is 42.8 Å². The first-order valence-electron chi connectivity index (χ1n) is 10.0. The van der Waals surface area contributed by atoms with E-state index in [-0.39, 0.29) is 24.3 Å². The van der Waals surface area contributed by atoms with Gasteiger partial charge in [0.05, 0.1) is 6.04 Å². The number of nitrogens with zero attached hydrogens (tertiary/aromatic N) is 2. The normalized spacial score (nSPS) is 15.7. The third kappa shape index (κ3) is 3.36. The average molecular weight is 426 g/mol. The Labute approximate surface area is 180 Å². The minimum atomic E-state index is -0.363. The Hall–Kier alpha value is -2.83. The summed E-state index contributed by atoms with van der Waals surface area (Å²) in [5.41, 5.74) is 5.04. The van der Waals surface area contributed by atoms with Crippen molar-refractivity contribution in [2.45, 2.75) is 32.7 Å². The number of phenols is 1. The highest BCUT2D eigenvalue weighted by Gasteiger charge is 2.42. The predicted octanol–water partition coefficient (Wildman–Crippen LogP) is 4.23. The fourth-order valence-electron chi connectivity index (χ4n) is 4.01. The van der Waals surface area contributed by atoms with Gasteiger partial charge in [0.15, 0.2) is 0 Å². The first-order chi connectivity index (χ1) is 14.5. The number of aromatic hydroxyl groups is 1. The molecule has 6 nitrogen and oxygen atoms in total. The van der Waals surface area contributed by atoms with E-state index in [4.69, 9.17) is 11.6 Å². The molecule has 1 aliphatic heterocycles. The number of amides is 1. The number of carbonyl (C=O) groups excluding carboxylic acids is 1. The number of aliphatic hydroxyl groups is 1. The number of hydrogen-bond acceptors (Lipinski definition) is 4. The molecule has 0 bridgehead atoms. The topological polar surface area (TPSA) is 89.5 Å². The number of phenolic OH excluding ortho intramolecular Hbond substituents is 1. The predicted molar refractivity (Wildman–Crippen MR) is 116 cm³/mol. The Bertz CT molecular complexity index is 1090. The zero-order valence-corrected chi connectivity index (χ0v) is 17.7. The molecule has 1 aromatic heterocycles. The molecule has 2 heterocycles. The van der Waals surface area contributed by atoms with E-state index < -0.39 is 0 Å². The van der Waals surface area contributed by atoms with E-state index in [1.54, 1.807) is 17.0 Å². The van der Waals surface area contributed by atoms with Crippen molar-refractivity contribution in [3.05, 3.63) is 69.4 Å². The van der Waals surface area contributed by atoms with E-state index in [9.17, 15) is 15.0 Å². The summed E-state index contributed by atoms with van der Waals surface area (Å²) in [4.78, 5) is 14.9. The number of aliphatic hydroxyl groups excluding tert-OH is 1. The molecule has 7 heteroatoms. The lowest BCUT2D eigenvalue weighted by atomic mass is 9.94. The Kier molecular flexibility index (Phi) is 5.54. The van der Waals surface area contributed by atoms with Crippen molar-refractivity contribution in [2.75, 3.05) is 13.2 Å². The molecule has 3 N–H and O–H groups in total. The summed E-state index contributed by atoms with van der Waals surface area (Å²) in [7, 11) is 0. The lowest BCUT2D eigenvalue weighted by molar-refractivity contribution is 0.0732. The van der Waals surface area contributed by atoms with Crippen molar-refractivity contribution >= 4 is 17.5 Å². The van der Waals surface area contributed by atoms with Gasteiger partial charge in [-0.05, 0) is 48.6 Å². The zero-order chi connectivity index (χ0) is 21.4. The molecule has 0 fully saturated rings. The summed E-state index contributed by atoms with van der Waals surface area (Å²) in [6.45, 7) is 4.33. The maximum absolute atomic E-state index is 13.1. The fraction of sp³-hybridized carbons (Fsp3) is 0.304. The molecule has 0 radical (unpaired) electrons. The number of aromatic nitrogens is 2. The minimum absolute atomic E-state index is 0.00132. The third-order valence-electron chi connectivity index (χ3n) is 5.66. The number of benzene rings is 2. The summed E-state index contributed by atoms with van der Waals surface area (Å²) < 4.78 is 0. The first kappa shape index (κ1) is 20.4. The summed E-state index contributed by atoms with van der Waals surface area (Å²) >= 11 is 6.31. The van der Waals surface area contributed by atoms with E-state index in [0.717, 1.165) is 23.1 Å². The quantitative estimate of drug-likeness (QED) is 0.551. The molecule has 156 valence electrons. The van der Waals surface area contributed by atoms with Gasteiger partial charge in [-0.15, -0.1) is 0 Å². The van der Waals surface area contributed by atoms with Crippen molar-refractivity contribution in [3.8, 4) is 17.0 Å². The number of carbonyl (C=O) groups is 1. The summed E-state index contributed by atoms with van der Waals surface area (Å²) in [5.74, 6) is -0.105. The Morgan fingerprint density at radius 2 is 1.97 bits per heavy atom. The third-order valence-corrected chi connectivity index (χ3v) is 6.06. The van der Waals surface area contributed by atoms with Crippen LogP contribution in [0.3, 0.4) is 0 Å². The van der Waals surface area contributed by atoms with E-state index >= 15 is 0 Å². The highest BCUT2D eigenvalue weighted by Crippen LogP contribution is 2.45. The van der Waals surface area contributed by atoms with Crippen LogP contribution in [-0.2, 0) is 6.42 Å². The summed E-state index contributed by atoms with van der Waals surface area (Å²) in [6, 6.07) is 11.1. The Morgan fingerprint density at radius 1 is 1.23 bits per heavy atom. The maximum atomic E-state index is 13.1. The van der Waals surface area contributed by atoms with Gasteiger partial charge in [-0.25, -0.2) is 0 Å². The van der Waals surface area contributed by atoms with E-state index in [0.29, 0.717) is 34.9 Å². The monoisotopic (exact) mass is 425 g/mol. The van der Waals surface area contributed by atoms with Crippen molar-refractivity contribution < 1.29 is 15.0 Å². The lowest BCUT2D eigenvalue weighted by Gasteiger charge is -2.26. The van der Waals surface area contributed by atoms with E-state index in [2.05, 4.69) is 29.3 Å². The molecule has 2 aromatic carbocycles. The number of nitrogens with one attached hydrogen (secondary N) is 1. The molecule has 1 amide bonds. The van der Waals surface area contributed by atoms with Crippen molar-refractivity contribution in [1.82, 2.24) is 15.1 Å². The minimum Gasteiger partial charge on any atom is -0.507 e. The van der Waals surface area contributed by atoms with Crippen LogP contribution in [0.25, 0.3) is 11.3 Å². The number of aromatic amines is 1. The van der Waals surface area contributed by atoms with Crippen LogP contribution in [0.4, 0.5) is 0 Å². The molecule has 0 saturated heterocycles. The number of hydrogen-bond donors (Lipinski definition) is 3. The van der Waals surface area contributed by atoms with E-state index in [1.165, 1.54) is 5.56 Å². The van der Waals surface area contributed by atoms with Crippen LogP contribution < -0.4 is 0 Å². The van der Waals surface area contributed by atoms with Crippen LogP contribution >= 0.6 is 11.6 Å². The van der Waals surface area contributed by atoms with Crippen molar-refractivity contribution in [1.29, 1.82) is 0 Å². The number of aryl methyl sites for hydroxylation is 2. The first-order valence-corrected chi connectivity index (χ1v) is 10.4. The molecule has 0 saturated carbocycles. The van der Waals surface area contributed by atoms with Gasteiger partial charge in [-0.2, -0.15) is 5.10 Å². The van der Waals surface area contributed by atoms with Crippen LogP contribution in [0, 0.1) is 6.92 Å². The van der Waals surface area contributed by atoms with Gasteiger partial charge in [0.1, 0.15) is 17.1 Å². The molecular formula is C23H24ClN3O3. The Balaban J connectivity index is 1.88. The van der Waals surface area contributed by atoms with Gasteiger partial charge < -0.3 is 15.1 Å². The number of fused-ring (bicyclic) bond motifs is 1.